The summed E-state index contributed by atoms with van der Waals surface area (Å²) in [6, 6.07) is 13.8. The number of ether oxygens (including phenoxy) is 1. The van der Waals surface area contributed by atoms with Crippen molar-refractivity contribution in [3.05, 3.63) is 64.7 Å². The highest BCUT2D eigenvalue weighted by atomic mass is 127. The topological polar surface area (TPSA) is 74.8 Å². The van der Waals surface area contributed by atoms with Crippen molar-refractivity contribution in [2.45, 2.75) is 26.8 Å². The third-order valence-corrected chi connectivity index (χ3v) is 4.32. The number of carbonyl (C=O) groups is 1. The van der Waals surface area contributed by atoms with Gasteiger partial charge in [0.15, 0.2) is 5.96 Å². The molecular formula is C22H31IN4O2. The zero-order valence-electron chi connectivity index (χ0n) is 17.5. The van der Waals surface area contributed by atoms with E-state index in [4.69, 9.17) is 4.74 Å². The van der Waals surface area contributed by atoms with Gasteiger partial charge in [0.05, 0.1) is 13.7 Å². The number of hydrogen-bond acceptors (Lipinski definition) is 3. The van der Waals surface area contributed by atoms with E-state index >= 15 is 0 Å². The van der Waals surface area contributed by atoms with E-state index in [-0.39, 0.29) is 29.9 Å². The summed E-state index contributed by atoms with van der Waals surface area (Å²) in [5.41, 5.74) is 3.98. The van der Waals surface area contributed by atoms with Gasteiger partial charge in [0, 0.05) is 31.3 Å². The summed E-state index contributed by atoms with van der Waals surface area (Å²) in [6.45, 7) is 6.11. The van der Waals surface area contributed by atoms with E-state index in [1.165, 1.54) is 0 Å². The molecule has 0 aromatic heterocycles. The molecule has 0 saturated heterocycles. The van der Waals surface area contributed by atoms with Gasteiger partial charge in [-0.25, -0.2) is 4.99 Å². The van der Waals surface area contributed by atoms with Crippen LogP contribution in [0.25, 0.3) is 0 Å². The number of guanidine groups is 1. The summed E-state index contributed by atoms with van der Waals surface area (Å²) in [5.74, 6) is 1.54. The lowest BCUT2D eigenvalue weighted by molar-refractivity contribution is 0.0963. The standard InChI is InChI=1S/C22H30N4O2.HI/c1-5-24-22(26-15-19-10-9-16(2)13-20(19)28-4)25-12-11-17-7-6-8-18(14-17)21(27)23-3;/h6-10,13-14H,5,11-12,15H2,1-4H3,(H,23,27)(H2,24,25,26);1H. The molecule has 158 valence electrons. The van der Waals surface area contributed by atoms with Crippen molar-refractivity contribution in [2.75, 3.05) is 27.2 Å². The first-order valence-electron chi connectivity index (χ1n) is 9.54. The van der Waals surface area contributed by atoms with Gasteiger partial charge in [0.25, 0.3) is 5.91 Å². The van der Waals surface area contributed by atoms with E-state index in [2.05, 4.69) is 27.0 Å². The molecule has 0 radical (unpaired) electrons. The molecule has 0 fully saturated rings. The van der Waals surface area contributed by atoms with Crippen LogP contribution in [0.1, 0.15) is 34.0 Å². The SMILES string of the molecule is CCNC(=NCc1ccc(C)cc1OC)NCCc1cccc(C(=O)NC)c1.I. The first-order valence-corrected chi connectivity index (χ1v) is 9.54. The molecule has 2 aromatic rings. The van der Waals surface area contributed by atoms with Crippen LogP contribution in [0.4, 0.5) is 0 Å². The summed E-state index contributed by atoms with van der Waals surface area (Å²) in [6.07, 6.45) is 0.795. The molecule has 1 amide bonds. The Hall–Kier alpha value is -2.29. The normalized spacial score (nSPS) is 10.7. The van der Waals surface area contributed by atoms with Crippen molar-refractivity contribution in [3.8, 4) is 5.75 Å². The average Bonchev–Trinajstić information content (AvgIpc) is 2.72. The highest BCUT2D eigenvalue weighted by Crippen LogP contribution is 2.20. The van der Waals surface area contributed by atoms with E-state index < -0.39 is 0 Å². The van der Waals surface area contributed by atoms with Crippen molar-refractivity contribution in [1.29, 1.82) is 0 Å². The maximum atomic E-state index is 11.8. The van der Waals surface area contributed by atoms with Crippen LogP contribution in [0, 0.1) is 6.92 Å². The van der Waals surface area contributed by atoms with Crippen molar-refractivity contribution in [2.24, 2.45) is 4.99 Å². The molecule has 0 aliphatic heterocycles. The number of nitrogens with zero attached hydrogens (tertiary/aromatic N) is 1. The molecule has 0 spiro atoms. The lowest BCUT2D eigenvalue weighted by Crippen LogP contribution is -2.38. The molecule has 3 N–H and O–H groups in total. The molecule has 0 heterocycles. The molecule has 0 bridgehead atoms. The minimum absolute atomic E-state index is 0. The number of halogens is 1. The lowest BCUT2D eigenvalue weighted by atomic mass is 10.1. The third kappa shape index (κ3) is 7.92. The van der Waals surface area contributed by atoms with Gasteiger partial charge >= 0.3 is 0 Å². The molecule has 29 heavy (non-hydrogen) atoms. The van der Waals surface area contributed by atoms with Crippen molar-refractivity contribution in [1.82, 2.24) is 16.0 Å². The molecule has 0 aliphatic rings. The Morgan fingerprint density at radius 3 is 2.62 bits per heavy atom. The van der Waals surface area contributed by atoms with Gasteiger partial charge in [-0.3, -0.25) is 4.79 Å². The maximum absolute atomic E-state index is 11.8. The second kappa shape index (κ2) is 13.0. The summed E-state index contributed by atoms with van der Waals surface area (Å²) >= 11 is 0. The first-order chi connectivity index (χ1) is 13.6. The molecule has 7 heteroatoms. The Bertz CT molecular complexity index is 824. The Kier molecular flexibility index (Phi) is 11.1. The molecule has 2 aromatic carbocycles. The Morgan fingerprint density at radius 1 is 1.14 bits per heavy atom. The number of nitrogens with one attached hydrogen (secondary N) is 3. The minimum atomic E-state index is -0.0724. The van der Waals surface area contributed by atoms with Crippen molar-refractivity contribution >= 4 is 35.8 Å². The molecule has 0 atom stereocenters. The van der Waals surface area contributed by atoms with Gasteiger partial charge in [-0.1, -0.05) is 24.3 Å². The zero-order valence-corrected chi connectivity index (χ0v) is 19.9. The predicted octanol–water partition coefficient (Wildman–Crippen LogP) is 3.28. The lowest BCUT2D eigenvalue weighted by Gasteiger charge is -2.13. The van der Waals surface area contributed by atoms with Crippen LogP contribution in [0.3, 0.4) is 0 Å². The summed E-state index contributed by atoms with van der Waals surface area (Å²) in [4.78, 5) is 16.4. The number of methoxy groups -OCH3 is 1. The fourth-order valence-corrected chi connectivity index (χ4v) is 2.83. The number of aliphatic imine (C=N–C) groups is 1. The summed E-state index contributed by atoms with van der Waals surface area (Å²) < 4.78 is 5.45. The van der Waals surface area contributed by atoms with Crippen LogP contribution >= 0.6 is 24.0 Å². The predicted molar refractivity (Wildman–Crippen MR) is 130 cm³/mol. The number of benzene rings is 2. The number of carbonyl (C=O) groups excluding carboxylic acids is 1. The number of aryl methyl sites for hydroxylation is 1. The molecule has 2 rings (SSSR count). The fourth-order valence-electron chi connectivity index (χ4n) is 2.83. The summed E-state index contributed by atoms with van der Waals surface area (Å²) in [5, 5.41) is 9.26. The van der Waals surface area contributed by atoms with Crippen LogP contribution < -0.4 is 20.7 Å². The van der Waals surface area contributed by atoms with Gasteiger partial charge < -0.3 is 20.7 Å². The van der Waals surface area contributed by atoms with Crippen molar-refractivity contribution in [3.63, 3.8) is 0 Å². The fraction of sp³-hybridized carbons (Fsp3) is 0.364. The monoisotopic (exact) mass is 510 g/mol. The quantitative estimate of drug-likeness (QED) is 0.290. The zero-order chi connectivity index (χ0) is 20.4. The smallest absolute Gasteiger partial charge is 0.251 e. The van der Waals surface area contributed by atoms with Gasteiger partial charge in [-0.2, -0.15) is 0 Å². The highest BCUT2D eigenvalue weighted by Gasteiger charge is 2.05. The second-order valence-electron chi connectivity index (χ2n) is 6.47. The van der Waals surface area contributed by atoms with Crippen LogP contribution in [0.5, 0.6) is 5.75 Å². The maximum Gasteiger partial charge on any atom is 0.251 e. The first kappa shape index (κ1) is 24.7. The average molecular weight is 510 g/mol. The highest BCUT2D eigenvalue weighted by molar-refractivity contribution is 14.0. The van der Waals surface area contributed by atoms with Crippen LogP contribution in [0.2, 0.25) is 0 Å². The van der Waals surface area contributed by atoms with E-state index in [0.717, 1.165) is 41.4 Å². The Morgan fingerprint density at radius 2 is 1.93 bits per heavy atom. The van der Waals surface area contributed by atoms with E-state index in [1.807, 2.05) is 50.2 Å². The van der Waals surface area contributed by atoms with Crippen LogP contribution in [-0.4, -0.2) is 39.1 Å². The molecule has 6 nitrogen and oxygen atoms in total. The molecule has 0 unspecified atom stereocenters. The van der Waals surface area contributed by atoms with Gasteiger partial charge in [0.1, 0.15) is 5.75 Å². The Balaban J connectivity index is 0.00000420. The van der Waals surface area contributed by atoms with Gasteiger partial charge in [-0.15, -0.1) is 24.0 Å². The number of rotatable bonds is 8. The van der Waals surface area contributed by atoms with Gasteiger partial charge in [0.2, 0.25) is 0 Å². The molecular weight excluding hydrogens is 479 g/mol. The van der Waals surface area contributed by atoms with Crippen LogP contribution in [0.15, 0.2) is 47.5 Å². The molecule has 0 saturated carbocycles. The van der Waals surface area contributed by atoms with E-state index in [1.54, 1.807) is 14.2 Å². The minimum Gasteiger partial charge on any atom is -0.496 e. The van der Waals surface area contributed by atoms with Crippen LogP contribution in [-0.2, 0) is 13.0 Å². The second-order valence-corrected chi connectivity index (χ2v) is 6.47. The van der Waals surface area contributed by atoms with Gasteiger partial charge in [-0.05, 0) is 49.6 Å². The summed E-state index contributed by atoms with van der Waals surface area (Å²) in [7, 11) is 3.32. The Labute approximate surface area is 190 Å². The number of hydrogen-bond donors (Lipinski definition) is 3. The third-order valence-electron chi connectivity index (χ3n) is 4.32. The number of amides is 1. The van der Waals surface area contributed by atoms with E-state index in [9.17, 15) is 4.79 Å². The largest absolute Gasteiger partial charge is 0.496 e. The van der Waals surface area contributed by atoms with E-state index in [0.29, 0.717) is 18.7 Å². The van der Waals surface area contributed by atoms with Crippen molar-refractivity contribution < 1.29 is 9.53 Å². The molecule has 0 aliphatic carbocycles.